The Hall–Kier alpha value is -1.92. The summed E-state index contributed by atoms with van der Waals surface area (Å²) in [5, 5.41) is 0. The lowest BCUT2D eigenvalue weighted by atomic mass is 10.2. The number of carbonyl (C=O) groups is 1. The van der Waals surface area contributed by atoms with E-state index in [0.29, 0.717) is 30.3 Å². The highest BCUT2D eigenvalue weighted by Gasteiger charge is 2.27. The van der Waals surface area contributed by atoms with Crippen LogP contribution in [0.25, 0.3) is 0 Å². The second kappa shape index (κ2) is 6.46. The molecule has 5 nitrogen and oxygen atoms in total. The Morgan fingerprint density at radius 1 is 1.32 bits per heavy atom. The first-order valence-electron chi connectivity index (χ1n) is 7.07. The van der Waals surface area contributed by atoms with Crippen molar-refractivity contribution in [3.63, 3.8) is 0 Å². The van der Waals surface area contributed by atoms with Crippen molar-refractivity contribution in [3.8, 4) is 11.6 Å². The molecular weight excluding hydrogens is 346 g/mol. The molecule has 2 N–H and O–H groups in total. The number of nitrogens with zero attached hydrogens (tertiary/aromatic N) is 2. The van der Waals surface area contributed by atoms with Gasteiger partial charge in [0.25, 0.3) is 5.91 Å². The van der Waals surface area contributed by atoms with Crippen LogP contribution in [-0.2, 0) is 0 Å². The van der Waals surface area contributed by atoms with Crippen LogP contribution in [0, 0.1) is 0 Å². The minimum Gasteiger partial charge on any atom is -0.438 e. The zero-order valence-corrected chi connectivity index (χ0v) is 13.5. The second-order valence-electron chi connectivity index (χ2n) is 5.21. The van der Waals surface area contributed by atoms with Gasteiger partial charge >= 0.3 is 0 Å². The standard InChI is InChI=1S/C16H16BrN3O2/c17-11-3-5-13(6-4-11)22-15-14(2-1-8-19-15)16(21)20-9-7-12(18)10-20/h1-6,8,12H,7,9-10,18H2/t12-/m1/s1. The number of pyridine rings is 1. The van der Waals surface area contributed by atoms with Gasteiger partial charge in [-0.3, -0.25) is 4.79 Å². The molecule has 1 aliphatic rings. The summed E-state index contributed by atoms with van der Waals surface area (Å²) in [6.45, 7) is 1.25. The predicted molar refractivity (Wildman–Crippen MR) is 86.9 cm³/mol. The molecule has 1 aromatic heterocycles. The molecule has 1 amide bonds. The first kappa shape index (κ1) is 15.0. The van der Waals surface area contributed by atoms with Crippen molar-refractivity contribution in [2.75, 3.05) is 13.1 Å². The van der Waals surface area contributed by atoms with Crippen LogP contribution in [0.1, 0.15) is 16.8 Å². The molecule has 2 aromatic rings. The van der Waals surface area contributed by atoms with Gasteiger partial charge in [0.05, 0.1) is 0 Å². The summed E-state index contributed by atoms with van der Waals surface area (Å²) in [6, 6.07) is 10.9. The third-order valence-electron chi connectivity index (χ3n) is 3.54. The number of likely N-dealkylation sites (tertiary alicyclic amines) is 1. The van der Waals surface area contributed by atoms with Crippen molar-refractivity contribution in [1.29, 1.82) is 0 Å². The van der Waals surface area contributed by atoms with E-state index in [9.17, 15) is 4.79 Å². The maximum atomic E-state index is 12.6. The van der Waals surface area contributed by atoms with Gasteiger partial charge in [0.15, 0.2) is 0 Å². The Bertz CT molecular complexity index is 675. The average molecular weight is 362 g/mol. The van der Waals surface area contributed by atoms with Crippen LogP contribution in [0.2, 0.25) is 0 Å². The minimum absolute atomic E-state index is 0.0523. The summed E-state index contributed by atoms with van der Waals surface area (Å²) in [4.78, 5) is 18.5. The molecule has 1 fully saturated rings. The van der Waals surface area contributed by atoms with Crippen molar-refractivity contribution >= 4 is 21.8 Å². The summed E-state index contributed by atoms with van der Waals surface area (Å²) in [7, 11) is 0. The first-order chi connectivity index (χ1) is 10.6. The molecule has 3 rings (SSSR count). The highest BCUT2D eigenvalue weighted by molar-refractivity contribution is 9.10. The number of nitrogens with two attached hydrogens (primary N) is 1. The van der Waals surface area contributed by atoms with Gasteiger partial charge in [-0.2, -0.15) is 0 Å². The Morgan fingerprint density at radius 3 is 2.77 bits per heavy atom. The van der Waals surface area contributed by atoms with Crippen LogP contribution in [0.3, 0.4) is 0 Å². The molecule has 114 valence electrons. The Morgan fingerprint density at radius 2 is 2.09 bits per heavy atom. The maximum absolute atomic E-state index is 12.6. The summed E-state index contributed by atoms with van der Waals surface area (Å²) in [5.74, 6) is 0.859. The normalized spacial score (nSPS) is 17.5. The van der Waals surface area contributed by atoms with Crippen LogP contribution in [0.15, 0.2) is 47.1 Å². The van der Waals surface area contributed by atoms with E-state index >= 15 is 0 Å². The topological polar surface area (TPSA) is 68.5 Å². The maximum Gasteiger partial charge on any atom is 0.259 e. The molecule has 1 atom stereocenters. The molecule has 0 spiro atoms. The van der Waals surface area contributed by atoms with E-state index in [4.69, 9.17) is 10.5 Å². The summed E-state index contributed by atoms with van der Waals surface area (Å²) in [6.07, 6.45) is 2.44. The number of hydrogen-bond acceptors (Lipinski definition) is 4. The van der Waals surface area contributed by atoms with E-state index in [1.807, 2.05) is 24.3 Å². The van der Waals surface area contributed by atoms with Crippen molar-refractivity contribution in [3.05, 3.63) is 52.6 Å². The predicted octanol–water partition coefficient (Wildman–Crippen LogP) is 2.81. The fourth-order valence-electron chi connectivity index (χ4n) is 2.39. The minimum atomic E-state index is -0.0897. The monoisotopic (exact) mass is 361 g/mol. The van der Waals surface area contributed by atoms with Crippen LogP contribution in [0.4, 0.5) is 0 Å². The highest BCUT2D eigenvalue weighted by Crippen LogP contribution is 2.26. The van der Waals surface area contributed by atoms with E-state index in [1.54, 1.807) is 23.2 Å². The van der Waals surface area contributed by atoms with Crippen LogP contribution in [0.5, 0.6) is 11.6 Å². The summed E-state index contributed by atoms with van der Waals surface area (Å²) >= 11 is 3.38. The third kappa shape index (κ3) is 3.28. The molecule has 1 saturated heterocycles. The second-order valence-corrected chi connectivity index (χ2v) is 6.13. The molecule has 1 aromatic carbocycles. The van der Waals surface area contributed by atoms with Gasteiger partial charge in [-0.05, 0) is 42.8 Å². The smallest absolute Gasteiger partial charge is 0.259 e. The van der Waals surface area contributed by atoms with Gasteiger partial charge < -0.3 is 15.4 Å². The largest absolute Gasteiger partial charge is 0.438 e. The van der Waals surface area contributed by atoms with E-state index < -0.39 is 0 Å². The number of rotatable bonds is 3. The van der Waals surface area contributed by atoms with Gasteiger partial charge in [-0.15, -0.1) is 0 Å². The molecular formula is C16H16BrN3O2. The first-order valence-corrected chi connectivity index (χ1v) is 7.86. The number of benzene rings is 1. The number of hydrogen-bond donors (Lipinski definition) is 1. The molecule has 0 radical (unpaired) electrons. The Kier molecular flexibility index (Phi) is 4.40. The molecule has 0 bridgehead atoms. The van der Waals surface area contributed by atoms with E-state index in [2.05, 4.69) is 20.9 Å². The molecule has 2 heterocycles. The van der Waals surface area contributed by atoms with E-state index in [0.717, 1.165) is 10.9 Å². The number of halogens is 1. The van der Waals surface area contributed by atoms with Gasteiger partial charge in [0.1, 0.15) is 11.3 Å². The molecule has 6 heteroatoms. The number of ether oxygens (including phenoxy) is 1. The van der Waals surface area contributed by atoms with E-state index in [1.165, 1.54) is 0 Å². The van der Waals surface area contributed by atoms with Crippen LogP contribution < -0.4 is 10.5 Å². The number of carbonyl (C=O) groups excluding carboxylic acids is 1. The van der Waals surface area contributed by atoms with Gasteiger partial charge in [-0.1, -0.05) is 15.9 Å². The fourth-order valence-corrected chi connectivity index (χ4v) is 2.66. The summed E-state index contributed by atoms with van der Waals surface area (Å²) in [5.41, 5.74) is 6.33. The van der Waals surface area contributed by atoms with Crippen molar-refractivity contribution in [1.82, 2.24) is 9.88 Å². The fraction of sp³-hybridized carbons (Fsp3) is 0.250. The molecule has 0 unspecified atom stereocenters. The number of aromatic nitrogens is 1. The number of amides is 1. The Labute approximate surface area is 137 Å². The quantitative estimate of drug-likeness (QED) is 0.912. The van der Waals surface area contributed by atoms with Crippen molar-refractivity contribution < 1.29 is 9.53 Å². The van der Waals surface area contributed by atoms with Gasteiger partial charge in [0, 0.05) is 29.8 Å². The molecule has 0 aliphatic carbocycles. The third-order valence-corrected chi connectivity index (χ3v) is 4.07. The summed E-state index contributed by atoms with van der Waals surface area (Å²) < 4.78 is 6.72. The molecule has 0 saturated carbocycles. The zero-order chi connectivity index (χ0) is 15.5. The zero-order valence-electron chi connectivity index (χ0n) is 11.9. The van der Waals surface area contributed by atoms with Gasteiger partial charge in [-0.25, -0.2) is 4.98 Å². The average Bonchev–Trinajstić information content (AvgIpc) is 2.96. The lowest BCUT2D eigenvalue weighted by molar-refractivity contribution is 0.0787. The highest BCUT2D eigenvalue weighted by atomic mass is 79.9. The molecule has 1 aliphatic heterocycles. The van der Waals surface area contributed by atoms with Crippen molar-refractivity contribution in [2.45, 2.75) is 12.5 Å². The lowest BCUT2D eigenvalue weighted by Crippen LogP contribution is -2.32. The lowest BCUT2D eigenvalue weighted by Gasteiger charge is -2.17. The Balaban J connectivity index is 1.83. The van der Waals surface area contributed by atoms with Crippen molar-refractivity contribution in [2.24, 2.45) is 5.73 Å². The molecule has 22 heavy (non-hydrogen) atoms. The van der Waals surface area contributed by atoms with Crippen LogP contribution >= 0.6 is 15.9 Å². The van der Waals surface area contributed by atoms with E-state index in [-0.39, 0.29) is 11.9 Å². The SMILES string of the molecule is N[C@@H]1CCN(C(=O)c2cccnc2Oc2ccc(Br)cc2)C1. The van der Waals surface area contributed by atoms with Gasteiger partial charge in [0.2, 0.25) is 5.88 Å². The van der Waals surface area contributed by atoms with Crippen LogP contribution in [-0.4, -0.2) is 34.9 Å².